The molecule has 0 aliphatic carbocycles. The lowest BCUT2D eigenvalue weighted by Gasteiger charge is -2.34. The lowest BCUT2D eigenvalue weighted by molar-refractivity contribution is -0.134. The highest BCUT2D eigenvalue weighted by molar-refractivity contribution is 5.92. The van der Waals surface area contributed by atoms with Crippen LogP contribution in [0.25, 0.3) is 11.8 Å². The Kier molecular flexibility index (Phi) is 5.59. The summed E-state index contributed by atoms with van der Waals surface area (Å²) in [4.78, 5) is 14.7. The van der Waals surface area contributed by atoms with Crippen LogP contribution in [0.2, 0.25) is 0 Å². The molecule has 0 N–H and O–H groups in total. The van der Waals surface area contributed by atoms with Gasteiger partial charge in [-0.05, 0) is 44.9 Å². The van der Waals surface area contributed by atoms with Crippen LogP contribution in [0.1, 0.15) is 29.8 Å². The first-order valence-corrected chi connectivity index (χ1v) is 9.95. The van der Waals surface area contributed by atoms with Crippen LogP contribution in [-0.2, 0) is 14.3 Å². The number of nitrogens with zero attached hydrogens (tertiary/aromatic N) is 3. The topological polar surface area (TPSA) is 56.6 Å². The fraction of sp³-hybridized carbons (Fsp3) is 0.455. The van der Waals surface area contributed by atoms with Crippen molar-refractivity contribution in [2.75, 3.05) is 26.3 Å². The van der Waals surface area contributed by atoms with E-state index in [9.17, 15) is 4.79 Å². The van der Waals surface area contributed by atoms with Crippen LogP contribution in [0.15, 0.2) is 36.4 Å². The van der Waals surface area contributed by atoms with Gasteiger partial charge in [-0.3, -0.25) is 4.79 Å². The number of aromatic nitrogens is 2. The summed E-state index contributed by atoms with van der Waals surface area (Å²) < 4.78 is 13.2. The van der Waals surface area contributed by atoms with Crippen molar-refractivity contribution >= 4 is 12.0 Å². The van der Waals surface area contributed by atoms with E-state index in [1.165, 1.54) is 0 Å². The maximum atomic E-state index is 12.8. The molecule has 1 unspecified atom stereocenters. The molecule has 1 aromatic heterocycles. The smallest absolute Gasteiger partial charge is 0.246 e. The average Bonchev–Trinajstić information content (AvgIpc) is 3.36. The maximum absolute atomic E-state index is 12.8. The van der Waals surface area contributed by atoms with Gasteiger partial charge in [0, 0.05) is 36.3 Å². The summed E-state index contributed by atoms with van der Waals surface area (Å²) in [5.41, 5.74) is 3.95. The van der Waals surface area contributed by atoms with Crippen molar-refractivity contribution in [1.29, 1.82) is 0 Å². The Bertz CT molecular complexity index is 853. The first-order valence-electron chi connectivity index (χ1n) is 9.95. The van der Waals surface area contributed by atoms with Gasteiger partial charge in [-0.1, -0.05) is 18.2 Å². The Balaban J connectivity index is 1.46. The molecule has 148 valence electrons. The predicted molar refractivity (Wildman–Crippen MR) is 107 cm³/mol. The van der Waals surface area contributed by atoms with Gasteiger partial charge in [0.1, 0.15) is 0 Å². The van der Waals surface area contributed by atoms with Gasteiger partial charge in [0.05, 0.1) is 24.6 Å². The minimum Gasteiger partial charge on any atom is -0.350 e. The lowest BCUT2D eigenvalue weighted by atomic mass is 9.97. The molecule has 1 atom stereocenters. The van der Waals surface area contributed by atoms with Crippen LogP contribution in [-0.4, -0.2) is 53.2 Å². The molecule has 2 aliphatic rings. The Morgan fingerprint density at radius 2 is 1.93 bits per heavy atom. The third-order valence-corrected chi connectivity index (χ3v) is 5.54. The van der Waals surface area contributed by atoms with E-state index in [1.54, 1.807) is 6.08 Å². The molecule has 0 bridgehead atoms. The molecular weight excluding hydrogens is 354 g/mol. The molecule has 2 aliphatic heterocycles. The zero-order chi connectivity index (χ0) is 19.5. The molecule has 2 fully saturated rings. The number of hydrogen-bond donors (Lipinski definition) is 0. The zero-order valence-electron chi connectivity index (χ0n) is 16.5. The van der Waals surface area contributed by atoms with E-state index in [4.69, 9.17) is 9.47 Å². The van der Waals surface area contributed by atoms with Crippen molar-refractivity contribution in [2.24, 2.45) is 5.92 Å². The molecule has 1 amide bonds. The van der Waals surface area contributed by atoms with Crippen molar-refractivity contribution in [3.63, 3.8) is 0 Å². The SMILES string of the molecule is Cc1nn(-c2ccccc2)c(C)c1/C=C/C(=O)N1CCCC(C2OCCO2)C1. The highest BCUT2D eigenvalue weighted by Gasteiger charge is 2.32. The summed E-state index contributed by atoms with van der Waals surface area (Å²) in [6, 6.07) is 10.0. The number of rotatable bonds is 4. The molecule has 0 saturated carbocycles. The standard InChI is InChI=1S/C22H27N3O3/c1-16-20(17(2)25(23-16)19-8-4-3-5-9-19)10-11-21(26)24-12-6-7-18(15-24)22-27-13-14-28-22/h3-5,8-11,18,22H,6-7,12-15H2,1-2H3/b11-10+. The van der Waals surface area contributed by atoms with Crippen LogP contribution in [0, 0.1) is 19.8 Å². The summed E-state index contributed by atoms with van der Waals surface area (Å²) in [6.07, 6.45) is 5.43. The van der Waals surface area contributed by atoms with Gasteiger partial charge >= 0.3 is 0 Å². The molecule has 28 heavy (non-hydrogen) atoms. The number of benzene rings is 1. The number of amides is 1. The average molecular weight is 381 g/mol. The van der Waals surface area contributed by atoms with Crippen molar-refractivity contribution in [3.05, 3.63) is 53.4 Å². The number of hydrogen-bond acceptors (Lipinski definition) is 4. The second-order valence-corrected chi connectivity index (χ2v) is 7.46. The number of ether oxygens (including phenoxy) is 2. The number of carbonyl (C=O) groups excluding carboxylic acids is 1. The Labute approximate surface area is 165 Å². The monoisotopic (exact) mass is 381 g/mol. The molecule has 4 rings (SSSR count). The number of aryl methyl sites for hydroxylation is 1. The number of likely N-dealkylation sites (tertiary alicyclic amines) is 1. The highest BCUT2D eigenvalue weighted by Crippen LogP contribution is 2.25. The van der Waals surface area contributed by atoms with Crippen molar-refractivity contribution in [2.45, 2.75) is 33.0 Å². The highest BCUT2D eigenvalue weighted by atomic mass is 16.7. The Morgan fingerprint density at radius 3 is 2.68 bits per heavy atom. The second-order valence-electron chi connectivity index (χ2n) is 7.46. The molecule has 2 saturated heterocycles. The molecule has 6 heteroatoms. The number of carbonyl (C=O) groups is 1. The van der Waals surface area contributed by atoms with Crippen LogP contribution < -0.4 is 0 Å². The first-order chi connectivity index (χ1) is 13.6. The van der Waals surface area contributed by atoms with E-state index in [0.29, 0.717) is 19.8 Å². The van der Waals surface area contributed by atoms with Gasteiger partial charge in [0.2, 0.25) is 5.91 Å². The molecule has 0 radical (unpaired) electrons. The van der Waals surface area contributed by atoms with E-state index in [1.807, 2.05) is 59.8 Å². The quantitative estimate of drug-likeness (QED) is 0.764. The molecule has 1 aromatic carbocycles. The van der Waals surface area contributed by atoms with E-state index >= 15 is 0 Å². The minimum absolute atomic E-state index is 0.0361. The lowest BCUT2D eigenvalue weighted by Crippen LogP contribution is -2.43. The Morgan fingerprint density at radius 1 is 1.18 bits per heavy atom. The van der Waals surface area contributed by atoms with E-state index in [0.717, 1.165) is 42.0 Å². The fourth-order valence-corrected chi connectivity index (χ4v) is 4.06. The van der Waals surface area contributed by atoms with Gasteiger partial charge in [0.25, 0.3) is 0 Å². The van der Waals surface area contributed by atoms with E-state index in [-0.39, 0.29) is 18.1 Å². The normalized spacial score (nSPS) is 20.9. The third-order valence-electron chi connectivity index (χ3n) is 5.54. The molecule has 3 heterocycles. The van der Waals surface area contributed by atoms with Crippen LogP contribution in [0.3, 0.4) is 0 Å². The largest absolute Gasteiger partial charge is 0.350 e. The molecule has 2 aromatic rings. The van der Waals surface area contributed by atoms with Gasteiger partial charge in [-0.2, -0.15) is 5.10 Å². The summed E-state index contributed by atoms with van der Waals surface area (Å²) >= 11 is 0. The van der Waals surface area contributed by atoms with Gasteiger partial charge in [0.15, 0.2) is 6.29 Å². The predicted octanol–water partition coefficient (Wildman–Crippen LogP) is 3.11. The summed E-state index contributed by atoms with van der Waals surface area (Å²) in [5.74, 6) is 0.298. The van der Waals surface area contributed by atoms with Gasteiger partial charge in [-0.15, -0.1) is 0 Å². The van der Waals surface area contributed by atoms with Crippen molar-refractivity contribution in [1.82, 2.24) is 14.7 Å². The number of para-hydroxylation sites is 1. The second kappa shape index (κ2) is 8.29. The minimum atomic E-state index is -0.159. The zero-order valence-corrected chi connectivity index (χ0v) is 16.5. The van der Waals surface area contributed by atoms with E-state index in [2.05, 4.69) is 5.10 Å². The Hall–Kier alpha value is -2.44. The maximum Gasteiger partial charge on any atom is 0.246 e. The fourth-order valence-electron chi connectivity index (χ4n) is 4.06. The summed E-state index contributed by atoms with van der Waals surface area (Å²) in [5, 5.41) is 4.64. The van der Waals surface area contributed by atoms with Crippen molar-refractivity contribution in [3.8, 4) is 5.69 Å². The summed E-state index contributed by atoms with van der Waals surface area (Å²) in [7, 11) is 0. The summed E-state index contributed by atoms with van der Waals surface area (Å²) in [6.45, 7) is 6.78. The van der Waals surface area contributed by atoms with Gasteiger partial charge < -0.3 is 14.4 Å². The molecule has 0 spiro atoms. The number of piperidine rings is 1. The van der Waals surface area contributed by atoms with Crippen LogP contribution in [0.5, 0.6) is 0 Å². The molecular formula is C22H27N3O3. The van der Waals surface area contributed by atoms with Crippen LogP contribution in [0.4, 0.5) is 0 Å². The van der Waals surface area contributed by atoms with Gasteiger partial charge in [-0.25, -0.2) is 4.68 Å². The van der Waals surface area contributed by atoms with E-state index < -0.39 is 0 Å². The van der Waals surface area contributed by atoms with Crippen molar-refractivity contribution < 1.29 is 14.3 Å². The third kappa shape index (κ3) is 3.88. The first kappa shape index (κ1) is 18.9. The molecule has 6 nitrogen and oxygen atoms in total. The van der Waals surface area contributed by atoms with Crippen LogP contribution >= 0.6 is 0 Å².